The smallest absolute Gasteiger partial charge is 0.185 e. The zero-order valence-electron chi connectivity index (χ0n) is 14.6. The zero-order chi connectivity index (χ0) is 17.2. The van der Waals surface area contributed by atoms with Crippen molar-refractivity contribution in [3.8, 4) is 0 Å². The molecule has 7 nitrogen and oxygen atoms in total. The minimum atomic E-state index is 0.0722. The Morgan fingerprint density at radius 2 is 1.17 bits per heavy atom. The largest absolute Gasteiger partial charge is 0.370 e. The van der Waals surface area contributed by atoms with Crippen LogP contribution in [-0.2, 0) is 0 Å². The van der Waals surface area contributed by atoms with Gasteiger partial charge in [-0.3, -0.25) is 10.4 Å². The van der Waals surface area contributed by atoms with Crippen molar-refractivity contribution in [3.05, 3.63) is 0 Å². The number of nitrogens with zero attached hydrogens (tertiary/aromatic N) is 1. The predicted molar refractivity (Wildman–Crippen MR) is 99.6 cm³/mol. The molecule has 0 fully saturated rings. The normalized spacial score (nSPS) is 10.4. The molecule has 0 atom stereocenters. The number of hydrogen-bond acceptors (Lipinski definition) is 3. The first-order chi connectivity index (χ1) is 11.1. The molecule has 0 spiro atoms. The van der Waals surface area contributed by atoms with Crippen LogP contribution in [0.4, 0.5) is 0 Å². The number of nitrogens with one attached hydrogen (secondary N) is 3. The third-order valence-corrected chi connectivity index (χ3v) is 3.65. The Balaban J connectivity index is 3.02. The van der Waals surface area contributed by atoms with Crippen LogP contribution in [0.1, 0.15) is 64.2 Å². The van der Waals surface area contributed by atoms with Crippen molar-refractivity contribution in [1.29, 1.82) is 5.41 Å². The molecule has 0 aromatic rings. The second-order valence-electron chi connectivity index (χ2n) is 5.93. The maximum atomic E-state index is 7.04. The molecule has 23 heavy (non-hydrogen) atoms. The van der Waals surface area contributed by atoms with Crippen LogP contribution in [0.15, 0.2) is 4.99 Å². The fraction of sp³-hybridized carbons (Fsp3) is 0.875. The van der Waals surface area contributed by atoms with E-state index in [1.165, 1.54) is 51.4 Å². The lowest BCUT2D eigenvalue weighted by molar-refractivity contribution is 0.546. The van der Waals surface area contributed by atoms with E-state index in [1.807, 2.05) is 0 Å². The Hall–Kier alpha value is -1.50. The number of unbranched alkanes of at least 4 members (excludes halogenated alkanes) is 8. The first-order valence-electron chi connectivity index (χ1n) is 8.97. The van der Waals surface area contributed by atoms with Gasteiger partial charge in [-0.15, -0.1) is 0 Å². The molecule has 0 aromatic heterocycles. The van der Waals surface area contributed by atoms with Gasteiger partial charge in [-0.1, -0.05) is 38.5 Å². The summed E-state index contributed by atoms with van der Waals surface area (Å²) in [7, 11) is 0. The van der Waals surface area contributed by atoms with E-state index in [-0.39, 0.29) is 11.9 Å². The second-order valence-corrected chi connectivity index (χ2v) is 5.93. The summed E-state index contributed by atoms with van der Waals surface area (Å²) in [5.41, 5.74) is 15.8. The Morgan fingerprint density at radius 3 is 1.70 bits per heavy atom. The fourth-order valence-corrected chi connectivity index (χ4v) is 2.35. The zero-order valence-corrected chi connectivity index (χ0v) is 14.6. The minimum Gasteiger partial charge on any atom is -0.370 e. The van der Waals surface area contributed by atoms with Gasteiger partial charge in [-0.25, -0.2) is 0 Å². The molecule has 7 heteroatoms. The third-order valence-electron chi connectivity index (χ3n) is 3.65. The highest BCUT2D eigenvalue weighted by molar-refractivity contribution is 5.75. The quantitative estimate of drug-likeness (QED) is 0.144. The molecule has 136 valence electrons. The van der Waals surface area contributed by atoms with E-state index in [1.54, 1.807) is 0 Å². The van der Waals surface area contributed by atoms with E-state index >= 15 is 0 Å². The van der Waals surface area contributed by atoms with E-state index < -0.39 is 0 Å². The molecule has 0 aliphatic rings. The van der Waals surface area contributed by atoms with Crippen molar-refractivity contribution in [2.75, 3.05) is 26.2 Å². The maximum absolute atomic E-state index is 7.04. The summed E-state index contributed by atoms with van der Waals surface area (Å²) in [6.07, 6.45) is 12.2. The first-order valence-corrected chi connectivity index (χ1v) is 8.97. The highest BCUT2D eigenvalue weighted by atomic mass is 15.0. The Labute approximate surface area is 141 Å². The number of nitrogens with two attached hydrogens (primary N) is 3. The van der Waals surface area contributed by atoms with Crippen molar-refractivity contribution in [1.82, 2.24) is 10.6 Å². The summed E-state index contributed by atoms with van der Waals surface area (Å²) in [5, 5.41) is 13.4. The highest BCUT2D eigenvalue weighted by Crippen LogP contribution is 2.03. The fourth-order valence-electron chi connectivity index (χ4n) is 2.35. The molecular weight excluding hydrogens is 290 g/mol. The SMILES string of the molecule is N=C(N)NCCCCCCCNCCCCCCCN=C(N)N. The Kier molecular flexibility index (Phi) is 15.8. The molecule has 0 radical (unpaired) electrons. The predicted octanol–water partition coefficient (Wildman–Crippen LogP) is 1.23. The lowest BCUT2D eigenvalue weighted by Crippen LogP contribution is -2.30. The van der Waals surface area contributed by atoms with E-state index in [4.69, 9.17) is 22.6 Å². The average Bonchev–Trinajstić information content (AvgIpc) is 2.49. The van der Waals surface area contributed by atoms with Crippen LogP contribution in [0.3, 0.4) is 0 Å². The number of rotatable bonds is 16. The van der Waals surface area contributed by atoms with Crippen LogP contribution in [0, 0.1) is 5.41 Å². The monoisotopic (exact) mass is 327 g/mol. The molecule has 0 saturated carbocycles. The Bertz CT molecular complexity index is 301. The molecule has 0 aliphatic carbocycles. The van der Waals surface area contributed by atoms with Crippen LogP contribution in [0.2, 0.25) is 0 Å². The highest BCUT2D eigenvalue weighted by Gasteiger charge is 1.94. The van der Waals surface area contributed by atoms with Gasteiger partial charge in [0.05, 0.1) is 0 Å². The van der Waals surface area contributed by atoms with Gasteiger partial charge >= 0.3 is 0 Å². The van der Waals surface area contributed by atoms with Crippen molar-refractivity contribution < 1.29 is 0 Å². The maximum Gasteiger partial charge on any atom is 0.185 e. The second kappa shape index (κ2) is 16.9. The Morgan fingerprint density at radius 1 is 0.696 bits per heavy atom. The molecule has 9 N–H and O–H groups in total. The summed E-state index contributed by atoms with van der Waals surface area (Å²) in [6.45, 7) is 3.82. The van der Waals surface area contributed by atoms with Crippen LogP contribution >= 0.6 is 0 Å². The topological polar surface area (TPSA) is 138 Å². The van der Waals surface area contributed by atoms with Crippen LogP contribution in [0.25, 0.3) is 0 Å². The molecule has 0 aromatic carbocycles. The lowest BCUT2D eigenvalue weighted by Gasteiger charge is -2.05. The minimum absolute atomic E-state index is 0.0722. The molecule has 0 heterocycles. The standard InChI is InChI=1S/C16H37N7/c17-15(18)22-13-9-5-1-3-7-11-21-12-8-4-2-6-10-14-23-16(19)20/h21H,1-14H2,(H4,17,18,22)(H4,19,20,23). The van der Waals surface area contributed by atoms with Gasteiger partial charge in [0.25, 0.3) is 0 Å². The molecule has 0 aliphatic heterocycles. The number of guanidine groups is 2. The lowest BCUT2D eigenvalue weighted by atomic mass is 10.1. The van der Waals surface area contributed by atoms with Gasteiger partial charge in [-0.05, 0) is 38.8 Å². The van der Waals surface area contributed by atoms with Gasteiger partial charge in [0.1, 0.15) is 0 Å². The van der Waals surface area contributed by atoms with Crippen molar-refractivity contribution in [3.63, 3.8) is 0 Å². The molecular formula is C16H37N7. The average molecular weight is 328 g/mol. The number of aliphatic imine (C=N–C) groups is 1. The summed E-state index contributed by atoms with van der Waals surface area (Å²) in [5.74, 6) is 0.268. The van der Waals surface area contributed by atoms with Gasteiger partial charge in [0, 0.05) is 13.1 Å². The van der Waals surface area contributed by atoms with Gasteiger partial charge in [0.15, 0.2) is 11.9 Å². The molecule has 0 unspecified atom stereocenters. The summed E-state index contributed by atoms with van der Waals surface area (Å²) in [6, 6.07) is 0. The van der Waals surface area contributed by atoms with Gasteiger partial charge in [0.2, 0.25) is 0 Å². The van der Waals surface area contributed by atoms with Crippen molar-refractivity contribution >= 4 is 11.9 Å². The molecule has 0 amide bonds. The van der Waals surface area contributed by atoms with Crippen molar-refractivity contribution in [2.45, 2.75) is 64.2 Å². The molecule has 0 saturated heterocycles. The first kappa shape index (κ1) is 21.5. The molecule has 0 bridgehead atoms. The summed E-state index contributed by atoms with van der Waals surface area (Å²) < 4.78 is 0. The number of hydrogen-bond donors (Lipinski definition) is 6. The van der Waals surface area contributed by atoms with Crippen molar-refractivity contribution in [2.24, 2.45) is 22.2 Å². The van der Waals surface area contributed by atoms with Gasteiger partial charge < -0.3 is 27.8 Å². The van der Waals surface area contributed by atoms with Crippen LogP contribution < -0.4 is 27.8 Å². The van der Waals surface area contributed by atoms with E-state index in [9.17, 15) is 0 Å². The van der Waals surface area contributed by atoms with E-state index in [0.717, 1.165) is 39.0 Å². The van der Waals surface area contributed by atoms with E-state index in [0.29, 0.717) is 0 Å². The summed E-state index contributed by atoms with van der Waals surface area (Å²) >= 11 is 0. The van der Waals surface area contributed by atoms with Crippen LogP contribution in [0.5, 0.6) is 0 Å². The summed E-state index contributed by atoms with van der Waals surface area (Å²) in [4.78, 5) is 3.97. The third kappa shape index (κ3) is 20.5. The van der Waals surface area contributed by atoms with Gasteiger partial charge in [-0.2, -0.15) is 0 Å². The van der Waals surface area contributed by atoms with Crippen LogP contribution in [-0.4, -0.2) is 38.1 Å². The molecule has 0 rings (SSSR count). The van der Waals surface area contributed by atoms with E-state index in [2.05, 4.69) is 15.6 Å².